The molecule has 0 amide bonds. The number of carbonyl (C=O) groups is 1. The highest BCUT2D eigenvalue weighted by atomic mass is 32.2. The summed E-state index contributed by atoms with van der Waals surface area (Å²) < 4.78 is 1.96. The first kappa shape index (κ1) is 16.5. The molecule has 1 aromatic heterocycles. The number of carbonyl (C=O) groups excluding carboxylic acids is 1. The van der Waals surface area contributed by atoms with Gasteiger partial charge >= 0.3 is 0 Å². The third kappa shape index (κ3) is 3.47. The molecule has 0 saturated heterocycles. The molecule has 4 nitrogen and oxygen atoms in total. The van der Waals surface area contributed by atoms with Crippen molar-refractivity contribution in [2.45, 2.75) is 39.4 Å². The van der Waals surface area contributed by atoms with Crippen LogP contribution in [0.5, 0.6) is 0 Å². The fraction of sp³-hybridized carbons (Fsp3) is 0.353. The molecule has 2 aromatic rings. The molecule has 0 aliphatic rings. The summed E-state index contributed by atoms with van der Waals surface area (Å²) in [5, 5.41) is 8.95. The van der Waals surface area contributed by atoms with Crippen molar-refractivity contribution in [2.75, 3.05) is 5.75 Å². The molecule has 22 heavy (non-hydrogen) atoms. The molecular formula is C17H21N3OS. The topological polar surface area (TPSA) is 47.8 Å². The predicted molar refractivity (Wildman–Crippen MR) is 90.7 cm³/mol. The monoisotopic (exact) mass is 315 g/mol. The predicted octanol–water partition coefficient (Wildman–Crippen LogP) is 3.67. The Morgan fingerprint density at radius 1 is 1.18 bits per heavy atom. The number of aromatic nitrogens is 3. The van der Waals surface area contributed by atoms with E-state index in [1.54, 1.807) is 6.08 Å². The molecule has 0 atom stereocenters. The van der Waals surface area contributed by atoms with Crippen molar-refractivity contribution in [3.8, 4) is 0 Å². The number of Topliss-reactive ketones (excluding diaryl/α,β-unsaturated/α-hetero) is 1. The molecule has 0 aliphatic heterocycles. The third-order valence-electron chi connectivity index (χ3n) is 3.69. The molecule has 116 valence electrons. The van der Waals surface area contributed by atoms with Crippen molar-refractivity contribution >= 4 is 17.5 Å². The number of allylic oxidation sites excluding steroid dienone is 1. The van der Waals surface area contributed by atoms with Gasteiger partial charge in [-0.15, -0.1) is 16.8 Å². The van der Waals surface area contributed by atoms with Gasteiger partial charge in [-0.05, 0) is 50.5 Å². The van der Waals surface area contributed by atoms with Gasteiger partial charge < -0.3 is 4.57 Å². The minimum atomic E-state index is 0.122. The van der Waals surface area contributed by atoms with Crippen molar-refractivity contribution in [1.29, 1.82) is 0 Å². The molecule has 0 unspecified atom stereocenters. The van der Waals surface area contributed by atoms with E-state index in [1.807, 2.05) is 31.4 Å². The summed E-state index contributed by atoms with van der Waals surface area (Å²) in [6.45, 7) is 12.4. The maximum absolute atomic E-state index is 12.5. The average molecular weight is 315 g/mol. The van der Waals surface area contributed by atoms with E-state index in [4.69, 9.17) is 0 Å². The maximum Gasteiger partial charge on any atom is 0.191 e. The first-order chi connectivity index (χ1) is 10.4. The Kier molecular flexibility index (Phi) is 5.19. The summed E-state index contributed by atoms with van der Waals surface area (Å²) in [7, 11) is 0. The van der Waals surface area contributed by atoms with Crippen LogP contribution in [0, 0.1) is 27.7 Å². The molecule has 0 spiro atoms. The minimum absolute atomic E-state index is 0.122. The van der Waals surface area contributed by atoms with E-state index < -0.39 is 0 Å². The highest BCUT2D eigenvalue weighted by Crippen LogP contribution is 2.21. The van der Waals surface area contributed by atoms with Crippen LogP contribution in [-0.4, -0.2) is 26.3 Å². The lowest BCUT2D eigenvalue weighted by atomic mass is 9.99. The van der Waals surface area contributed by atoms with Crippen LogP contribution >= 0.6 is 11.8 Å². The highest BCUT2D eigenvalue weighted by Gasteiger charge is 2.14. The van der Waals surface area contributed by atoms with Crippen LogP contribution in [-0.2, 0) is 6.54 Å². The summed E-state index contributed by atoms with van der Waals surface area (Å²) in [5.41, 5.74) is 4.17. The van der Waals surface area contributed by atoms with Crippen LogP contribution in [0.2, 0.25) is 0 Å². The molecule has 1 aromatic carbocycles. The smallest absolute Gasteiger partial charge is 0.191 e. The highest BCUT2D eigenvalue weighted by molar-refractivity contribution is 7.99. The van der Waals surface area contributed by atoms with Gasteiger partial charge in [-0.1, -0.05) is 23.9 Å². The summed E-state index contributed by atoms with van der Waals surface area (Å²) in [6, 6.07) is 4.05. The normalized spacial score (nSPS) is 10.7. The Balaban J connectivity index is 2.14. The molecular weight excluding hydrogens is 294 g/mol. The van der Waals surface area contributed by atoms with E-state index in [1.165, 1.54) is 17.3 Å². The molecule has 5 heteroatoms. The zero-order valence-corrected chi connectivity index (χ0v) is 14.3. The lowest BCUT2D eigenvalue weighted by Gasteiger charge is -2.09. The van der Waals surface area contributed by atoms with Crippen LogP contribution < -0.4 is 0 Å². The first-order valence-corrected chi connectivity index (χ1v) is 8.17. The van der Waals surface area contributed by atoms with Crippen LogP contribution in [0.25, 0.3) is 0 Å². The van der Waals surface area contributed by atoms with Crippen molar-refractivity contribution in [1.82, 2.24) is 14.8 Å². The molecule has 0 radical (unpaired) electrons. The van der Waals surface area contributed by atoms with Crippen molar-refractivity contribution in [3.63, 3.8) is 0 Å². The van der Waals surface area contributed by atoms with E-state index >= 15 is 0 Å². The van der Waals surface area contributed by atoms with Gasteiger partial charge in [-0.2, -0.15) is 0 Å². The number of ketones is 1. The van der Waals surface area contributed by atoms with Crippen LogP contribution in [0.4, 0.5) is 0 Å². The van der Waals surface area contributed by atoms with Gasteiger partial charge in [0.25, 0.3) is 0 Å². The second kappa shape index (κ2) is 6.92. The summed E-state index contributed by atoms with van der Waals surface area (Å²) in [4.78, 5) is 12.5. The Bertz CT molecular complexity index is 719. The zero-order chi connectivity index (χ0) is 16.3. The Labute approximate surface area is 135 Å². The van der Waals surface area contributed by atoms with Crippen LogP contribution in [0.3, 0.4) is 0 Å². The fourth-order valence-electron chi connectivity index (χ4n) is 2.28. The van der Waals surface area contributed by atoms with Gasteiger partial charge in [0.2, 0.25) is 0 Å². The largest absolute Gasteiger partial charge is 0.302 e. The molecule has 0 N–H and O–H groups in total. The van der Waals surface area contributed by atoms with E-state index in [0.717, 1.165) is 27.7 Å². The summed E-state index contributed by atoms with van der Waals surface area (Å²) in [5.74, 6) is 1.31. The molecule has 1 heterocycles. The van der Waals surface area contributed by atoms with Crippen LogP contribution in [0.1, 0.15) is 32.9 Å². The standard InChI is InChI=1S/C17H21N3OS/c1-6-7-20-14(5)18-19-17(20)22-10-16(21)15-9-12(3)11(2)8-13(15)4/h6,8-9H,1,7,10H2,2-5H3. The first-order valence-electron chi connectivity index (χ1n) is 7.18. The summed E-state index contributed by atoms with van der Waals surface area (Å²) in [6.07, 6.45) is 1.80. The number of hydrogen-bond acceptors (Lipinski definition) is 4. The number of rotatable bonds is 6. The number of aryl methyl sites for hydroxylation is 4. The minimum Gasteiger partial charge on any atom is -0.302 e. The SMILES string of the molecule is C=CCn1c(C)nnc1SCC(=O)c1cc(C)c(C)cc1C. The fourth-order valence-corrected chi connectivity index (χ4v) is 3.15. The van der Waals surface area contributed by atoms with Crippen molar-refractivity contribution < 1.29 is 4.79 Å². The van der Waals surface area contributed by atoms with Gasteiger partial charge in [0.05, 0.1) is 5.75 Å². The van der Waals surface area contributed by atoms with Gasteiger partial charge in [0.1, 0.15) is 5.82 Å². The lowest BCUT2D eigenvalue weighted by molar-refractivity contribution is 0.102. The number of benzene rings is 1. The van der Waals surface area contributed by atoms with E-state index in [2.05, 4.69) is 29.8 Å². The average Bonchev–Trinajstić information content (AvgIpc) is 2.82. The quantitative estimate of drug-likeness (QED) is 0.463. The van der Waals surface area contributed by atoms with Gasteiger partial charge in [0, 0.05) is 12.1 Å². The van der Waals surface area contributed by atoms with Crippen molar-refractivity contribution in [2.24, 2.45) is 0 Å². The molecule has 0 bridgehead atoms. The van der Waals surface area contributed by atoms with Gasteiger partial charge in [-0.3, -0.25) is 4.79 Å². The summed E-state index contributed by atoms with van der Waals surface area (Å²) >= 11 is 1.42. The van der Waals surface area contributed by atoms with E-state index in [-0.39, 0.29) is 5.78 Å². The lowest BCUT2D eigenvalue weighted by Crippen LogP contribution is -2.08. The van der Waals surface area contributed by atoms with Crippen molar-refractivity contribution in [3.05, 3.63) is 52.9 Å². The Morgan fingerprint density at radius 3 is 2.55 bits per heavy atom. The third-order valence-corrected chi connectivity index (χ3v) is 4.65. The molecule has 0 fully saturated rings. The van der Waals surface area contributed by atoms with Gasteiger partial charge in [0.15, 0.2) is 10.9 Å². The molecule has 0 aliphatic carbocycles. The Morgan fingerprint density at radius 2 is 1.86 bits per heavy atom. The Hall–Kier alpha value is -1.88. The molecule has 2 rings (SSSR count). The molecule has 0 saturated carbocycles. The number of thioether (sulfide) groups is 1. The maximum atomic E-state index is 12.5. The second-order valence-corrected chi connectivity index (χ2v) is 6.33. The number of nitrogens with zero attached hydrogens (tertiary/aromatic N) is 3. The second-order valence-electron chi connectivity index (χ2n) is 5.39. The van der Waals surface area contributed by atoms with Crippen LogP contribution in [0.15, 0.2) is 29.9 Å². The van der Waals surface area contributed by atoms with Gasteiger partial charge in [-0.25, -0.2) is 0 Å². The number of hydrogen-bond donors (Lipinski definition) is 0. The van der Waals surface area contributed by atoms with E-state index in [0.29, 0.717) is 12.3 Å². The zero-order valence-electron chi connectivity index (χ0n) is 13.5. The van der Waals surface area contributed by atoms with E-state index in [9.17, 15) is 4.79 Å².